The number of hydrogen-bond acceptors (Lipinski definition) is 9. The van der Waals surface area contributed by atoms with E-state index in [-0.39, 0.29) is 25.8 Å². The molecule has 13 heteroatoms. The highest BCUT2D eigenvalue weighted by atomic mass is 19.3. The van der Waals surface area contributed by atoms with E-state index in [1.165, 1.54) is 162 Å². The zero-order valence-electron chi connectivity index (χ0n) is 81.0. The molecule has 3 heterocycles. The third kappa shape index (κ3) is 39.4. The Balaban J connectivity index is 0.000000197. The van der Waals surface area contributed by atoms with Crippen LogP contribution >= 0.6 is 0 Å². The van der Waals surface area contributed by atoms with Gasteiger partial charge >= 0.3 is 0 Å². The van der Waals surface area contributed by atoms with Crippen LogP contribution in [0.25, 0.3) is 0 Å². The summed E-state index contributed by atoms with van der Waals surface area (Å²) in [4.78, 5) is 6.05. The zero-order valence-corrected chi connectivity index (χ0v) is 81.0. The van der Waals surface area contributed by atoms with E-state index < -0.39 is 17.4 Å². The number of piperidine rings is 1. The number of aliphatic hydroxyl groups is 1. The molecule has 8 aromatic rings. The van der Waals surface area contributed by atoms with Gasteiger partial charge in [0.2, 0.25) is 0 Å². The lowest BCUT2D eigenvalue weighted by atomic mass is 9.89. The summed E-state index contributed by atoms with van der Waals surface area (Å²) < 4.78 is 63.4. The van der Waals surface area contributed by atoms with Crippen LogP contribution < -0.4 is 25.6 Å². The molecule has 0 amide bonds. The number of hydrogen-bond donors (Lipinski definition) is 4. The Bertz CT molecular complexity index is 4100. The van der Waals surface area contributed by atoms with Gasteiger partial charge in [-0.3, -0.25) is 9.80 Å². The van der Waals surface area contributed by atoms with Gasteiger partial charge in [-0.15, -0.1) is 0 Å². The summed E-state index contributed by atoms with van der Waals surface area (Å²) in [6.45, 7) is 45.1. The van der Waals surface area contributed by atoms with E-state index in [4.69, 9.17) is 9.47 Å². The van der Waals surface area contributed by atoms with Gasteiger partial charge in [-0.1, -0.05) is 277 Å². The highest BCUT2D eigenvalue weighted by Gasteiger charge is 2.38. The highest BCUT2D eigenvalue weighted by Crippen LogP contribution is 2.34. The van der Waals surface area contributed by atoms with Crippen LogP contribution in [0, 0.1) is 5.92 Å². The Morgan fingerprint density at radius 1 is 0.408 bits per heavy atom. The summed E-state index contributed by atoms with van der Waals surface area (Å²) in [5.41, 5.74) is 19.3. The van der Waals surface area contributed by atoms with Gasteiger partial charge in [0.05, 0.1) is 24.9 Å². The van der Waals surface area contributed by atoms with E-state index in [0.29, 0.717) is 91.6 Å². The summed E-state index contributed by atoms with van der Waals surface area (Å²) >= 11 is 0. The Hall–Kier alpha value is -7.68. The molecule has 3 aliphatic heterocycles. The number of benzene rings is 8. The monoisotopic (exact) mass is 1720 g/mol. The predicted octanol–water partition coefficient (Wildman–Crippen LogP) is 30.6. The summed E-state index contributed by atoms with van der Waals surface area (Å²) in [5.74, 6) is 1.52. The molecule has 3 saturated carbocycles. The molecule has 1 atom stereocenters. The van der Waals surface area contributed by atoms with Crippen molar-refractivity contribution in [1.82, 2.24) is 9.80 Å². The van der Waals surface area contributed by atoms with Crippen molar-refractivity contribution in [1.29, 1.82) is 0 Å². The maximum absolute atomic E-state index is 13.0. The number of alkyl halides is 4. The number of anilines is 4. The first-order chi connectivity index (χ1) is 59.6. The van der Waals surface area contributed by atoms with Gasteiger partial charge in [-0.05, 0) is 259 Å². The summed E-state index contributed by atoms with van der Waals surface area (Å²) in [6.07, 6.45) is 21.2. The van der Waals surface area contributed by atoms with Crippen molar-refractivity contribution in [2.24, 2.45) is 5.92 Å². The molecule has 6 fully saturated rings. The molecular formula is C112H166F4N6O3. The first kappa shape index (κ1) is 104. The van der Waals surface area contributed by atoms with Crippen molar-refractivity contribution in [3.63, 3.8) is 0 Å². The first-order valence-electron chi connectivity index (χ1n) is 48.4. The van der Waals surface area contributed by atoms with Crippen molar-refractivity contribution in [2.45, 2.75) is 349 Å². The highest BCUT2D eigenvalue weighted by molar-refractivity contribution is 5.49. The van der Waals surface area contributed by atoms with Gasteiger partial charge in [-0.25, -0.2) is 17.6 Å². The average Bonchev–Trinajstić information content (AvgIpc) is 1.57. The summed E-state index contributed by atoms with van der Waals surface area (Å²) in [6, 6.07) is 70.9. The zero-order chi connectivity index (χ0) is 91.1. The third-order valence-electron chi connectivity index (χ3n) is 25.8. The molecule has 0 bridgehead atoms. The third-order valence-corrected chi connectivity index (χ3v) is 25.8. The molecule has 1 unspecified atom stereocenters. The first-order valence-corrected chi connectivity index (χ1v) is 48.4. The number of nitrogens with one attached hydrogen (secondary N) is 3. The average molecular weight is 1720 g/mol. The number of halogens is 4. The lowest BCUT2D eigenvalue weighted by Crippen LogP contribution is -2.38. The molecule has 125 heavy (non-hydrogen) atoms. The van der Waals surface area contributed by atoms with E-state index in [0.717, 1.165) is 69.3 Å². The second-order valence-electron chi connectivity index (χ2n) is 39.1. The molecular weight excluding hydrogens is 1550 g/mol. The predicted molar refractivity (Wildman–Crippen MR) is 529 cm³/mol. The van der Waals surface area contributed by atoms with Crippen molar-refractivity contribution in [3.8, 4) is 5.75 Å². The minimum atomic E-state index is -2.49. The van der Waals surface area contributed by atoms with Gasteiger partial charge in [0, 0.05) is 120 Å². The van der Waals surface area contributed by atoms with E-state index in [1.54, 1.807) is 0 Å². The molecule has 6 aliphatic rings. The van der Waals surface area contributed by atoms with Crippen LogP contribution in [-0.2, 0) is 24.2 Å². The Morgan fingerprint density at radius 3 is 1.09 bits per heavy atom. The van der Waals surface area contributed by atoms with Crippen LogP contribution in [0.3, 0.4) is 0 Å². The van der Waals surface area contributed by atoms with Crippen LogP contribution in [0.15, 0.2) is 194 Å². The maximum atomic E-state index is 13.0. The van der Waals surface area contributed by atoms with Crippen LogP contribution in [0.2, 0.25) is 0 Å². The number of aryl methyl sites for hydroxylation is 1. The molecule has 0 aromatic heterocycles. The molecule has 3 aliphatic carbocycles. The van der Waals surface area contributed by atoms with Crippen molar-refractivity contribution in [2.75, 3.05) is 80.9 Å². The summed E-state index contributed by atoms with van der Waals surface area (Å²) in [7, 11) is 4.12. The van der Waals surface area contributed by atoms with E-state index in [1.807, 2.05) is 17.0 Å². The minimum Gasteiger partial charge on any atom is -0.490 e. The molecule has 0 radical (unpaired) electrons. The quantitative estimate of drug-likeness (QED) is 0.0376. The molecule has 0 spiro atoms. The van der Waals surface area contributed by atoms with Crippen molar-refractivity contribution in [3.05, 3.63) is 255 Å². The fraction of sp³-hybridized carbons (Fsp3) is 0.571. The number of likely N-dealkylation sites (tertiary alicyclic amines) is 2. The van der Waals surface area contributed by atoms with Gasteiger partial charge in [0.1, 0.15) is 5.75 Å². The second kappa shape index (κ2) is 54.0. The molecule has 690 valence electrons. The number of rotatable bonds is 27. The molecule has 8 aromatic carbocycles. The molecule has 3 saturated heterocycles. The largest absolute Gasteiger partial charge is 0.490 e. The van der Waals surface area contributed by atoms with E-state index >= 15 is 0 Å². The van der Waals surface area contributed by atoms with Gasteiger partial charge in [-0.2, -0.15) is 0 Å². The number of ether oxygens (including phenoxy) is 2. The van der Waals surface area contributed by atoms with Crippen LogP contribution in [0.5, 0.6) is 5.75 Å². The SMILES string of the molecule is CC(C)c1ccc(CN2CCC(F)(F)C2)cc1.CC(C)c1ccc(CN2CCC(F)(F)CC2)cc1.CC(C)c1ccc(N(C)C)cc1.CC(C)c1ccc(NC2CCC2)cc1.CC(C)c1ccc(NC2CCCCC2)cc1.CC(C)c1ccc(NCC2CCOC2)cc1.CC(C)c1ccc(OC2CCCC2)cc1.CCC(O)(CC)CCc1ccc(C(C)C)cc1. The fourth-order valence-corrected chi connectivity index (χ4v) is 16.0. The van der Waals surface area contributed by atoms with Crippen molar-refractivity contribution < 1.29 is 32.1 Å². The van der Waals surface area contributed by atoms with Gasteiger partial charge < -0.3 is 35.4 Å². The Kier molecular flexibility index (Phi) is 45.1. The van der Waals surface area contributed by atoms with Crippen LogP contribution in [0.1, 0.15) is 355 Å². The lowest BCUT2D eigenvalue weighted by Gasteiger charge is -2.31. The smallest absolute Gasteiger partial charge is 0.261 e. The normalized spacial score (nSPS) is 17.1. The van der Waals surface area contributed by atoms with E-state index in [9.17, 15) is 22.7 Å². The van der Waals surface area contributed by atoms with Gasteiger partial charge in [0.15, 0.2) is 0 Å². The maximum Gasteiger partial charge on any atom is 0.261 e. The lowest BCUT2D eigenvalue weighted by molar-refractivity contribution is -0.0566. The topological polar surface area (TPSA) is 84.5 Å². The van der Waals surface area contributed by atoms with Crippen molar-refractivity contribution >= 4 is 22.7 Å². The Labute approximate surface area is 757 Å². The molecule has 9 nitrogen and oxygen atoms in total. The van der Waals surface area contributed by atoms with Gasteiger partial charge in [0.25, 0.3) is 11.8 Å². The van der Waals surface area contributed by atoms with E-state index in [2.05, 4.69) is 346 Å². The fourth-order valence-electron chi connectivity index (χ4n) is 16.0. The summed E-state index contributed by atoms with van der Waals surface area (Å²) in [5, 5.41) is 20.9. The molecule has 4 N–H and O–H groups in total. The second-order valence-corrected chi connectivity index (χ2v) is 39.1. The molecule has 14 rings (SSSR count). The standard InChI is InChI=1S/C16H26O.C15H21F2N.C15H23N.C14H19F2N.C14H21NO.C14H20O.C13H19N.C11H17N/c1-5-16(17,6-2)12-11-14-7-9-15(10-8-14)13(3)4;1-12(2)14-5-3-13(4-6-14)11-18-9-7-15(16,17)8-10-18;1-12(2)13-8-10-15(11-9-13)16-14-6-4-3-5-7-14;1-11(2)13-5-3-12(4-6-13)9-17-8-7-14(15,16)10-17;1-11(2)13-3-5-14(6-4-13)15-9-12-7-8-16-10-12;1-11(2)12-7-9-14(10-8-12)15-13-5-3-4-6-13;1-10(2)11-6-8-13(9-7-11)14-12-4-3-5-12;1-9(2)10-5-7-11(8-6-10)12(3)4/h7-10,13,17H,5-6,11-12H2,1-4H3;3-6,12H,7-11H2,1-2H3;8-12,14,16H,3-7H2,1-2H3;3-6,11H,7-10H2,1-2H3;3-6,11-12,15H,7-10H2,1-2H3;7-11,13H,3-6H2,1-2H3;6-10,12,14H,3-5H2,1-2H3;5-9H,1-4H3. The van der Waals surface area contributed by atoms with Crippen LogP contribution in [-0.4, -0.2) is 111 Å². The Morgan fingerprint density at radius 2 is 0.744 bits per heavy atom. The van der Waals surface area contributed by atoms with Crippen LogP contribution in [0.4, 0.5) is 40.3 Å². The number of nitrogens with zero attached hydrogens (tertiary/aromatic N) is 3. The minimum absolute atomic E-state index is 0.00290.